The molecule has 2 amide bonds. The quantitative estimate of drug-likeness (QED) is 0.411. The number of nitriles is 1. The van der Waals surface area contributed by atoms with E-state index in [1.54, 1.807) is 11.9 Å². The second-order valence-electron chi connectivity index (χ2n) is 8.77. The first-order valence-electron chi connectivity index (χ1n) is 11.8. The first-order chi connectivity index (χ1) is 17.3. The molecule has 1 aliphatic rings. The van der Waals surface area contributed by atoms with Gasteiger partial charge in [-0.05, 0) is 64.9 Å². The van der Waals surface area contributed by atoms with E-state index in [-0.39, 0.29) is 12.1 Å². The van der Waals surface area contributed by atoms with E-state index in [2.05, 4.69) is 16.7 Å². The van der Waals surface area contributed by atoms with Gasteiger partial charge in [-0.1, -0.05) is 42.5 Å². The maximum absolute atomic E-state index is 13.2. The maximum Gasteiger partial charge on any atom is 0.416 e. The number of carbonyl (C=O) groups is 1. The Balaban J connectivity index is 1.57. The van der Waals surface area contributed by atoms with Crippen molar-refractivity contribution in [2.75, 3.05) is 18.9 Å². The fraction of sp³-hybridized carbons (Fsp3) is 0.286. The average molecular weight is 493 g/mol. The molecule has 36 heavy (non-hydrogen) atoms. The SMILES string of the molecule is CNc1cc2c(c(-c3ccc(C(F)(F)F)cc3)c1)CCN(C(=O)N[C@@H](CCC#N)c1ccccc1)C2. The smallest absolute Gasteiger partial charge is 0.388 e. The van der Waals surface area contributed by atoms with Crippen LogP contribution in [0.3, 0.4) is 0 Å². The van der Waals surface area contributed by atoms with Crippen LogP contribution in [-0.2, 0) is 19.1 Å². The molecule has 0 aromatic heterocycles. The zero-order valence-electron chi connectivity index (χ0n) is 19.9. The first-order valence-corrected chi connectivity index (χ1v) is 11.8. The van der Waals surface area contributed by atoms with E-state index in [1.807, 2.05) is 42.5 Å². The molecule has 0 saturated heterocycles. The minimum atomic E-state index is -4.39. The van der Waals surface area contributed by atoms with Crippen LogP contribution in [0.15, 0.2) is 66.7 Å². The van der Waals surface area contributed by atoms with Crippen molar-refractivity contribution in [1.29, 1.82) is 5.26 Å². The largest absolute Gasteiger partial charge is 0.416 e. The lowest BCUT2D eigenvalue weighted by molar-refractivity contribution is -0.137. The zero-order chi connectivity index (χ0) is 25.7. The van der Waals surface area contributed by atoms with Gasteiger partial charge in [0.05, 0.1) is 17.7 Å². The highest BCUT2D eigenvalue weighted by atomic mass is 19.4. The number of rotatable bonds is 6. The summed E-state index contributed by atoms with van der Waals surface area (Å²) in [5, 5.41) is 15.2. The van der Waals surface area contributed by atoms with E-state index in [0.717, 1.165) is 40.1 Å². The van der Waals surface area contributed by atoms with Gasteiger partial charge in [-0.2, -0.15) is 18.4 Å². The Morgan fingerprint density at radius 1 is 1.11 bits per heavy atom. The Bertz CT molecular complexity index is 1250. The molecule has 1 aliphatic heterocycles. The molecule has 0 unspecified atom stereocenters. The summed E-state index contributed by atoms with van der Waals surface area (Å²) in [5.74, 6) is 0. The van der Waals surface area contributed by atoms with E-state index in [9.17, 15) is 18.0 Å². The predicted octanol–water partition coefficient (Wildman–Crippen LogP) is 6.53. The third kappa shape index (κ3) is 5.62. The van der Waals surface area contributed by atoms with Crippen LogP contribution in [0.25, 0.3) is 11.1 Å². The molecule has 0 radical (unpaired) electrons. The van der Waals surface area contributed by atoms with Gasteiger partial charge in [0.25, 0.3) is 0 Å². The molecule has 0 bridgehead atoms. The normalized spacial score (nSPS) is 13.9. The van der Waals surface area contributed by atoms with Crippen LogP contribution in [-0.4, -0.2) is 24.5 Å². The van der Waals surface area contributed by atoms with Crippen LogP contribution in [0.5, 0.6) is 0 Å². The molecule has 8 heteroatoms. The number of hydrogen-bond acceptors (Lipinski definition) is 3. The van der Waals surface area contributed by atoms with E-state index < -0.39 is 11.7 Å². The minimum absolute atomic E-state index is 0.210. The van der Waals surface area contributed by atoms with E-state index in [4.69, 9.17) is 5.26 Å². The van der Waals surface area contributed by atoms with Crippen molar-refractivity contribution in [1.82, 2.24) is 10.2 Å². The Labute approximate surface area is 208 Å². The highest BCUT2D eigenvalue weighted by Crippen LogP contribution is 2.36. The van der Waals surface area contributed by atoms with Gasteiger partial charge in [0.15, 0.2) is 0 Å². The lowest BCUT2D eigenvalue weighted by Gasteiger charge is -2.32. The highest BCUT2D eigenvalue weighted by Gasteiger charge is 2.30. The number of anilines is 1. The summed E-state index contributed by atoms with van der Waals surface area (Å²) in [7, 11) is 1.78. The number of halogens is 3. The van der Waals surface area contributed by atoms with Crippen molar-refractivity contribution >= 4 is 11.7 Å². The van der Waals surface area contributed by atoms with Gasteiger partial charge in [-0.3, -0.25) is 0 Å². The van der Waals surface area contributed by atoms with Crippen LogP contribution < -0.4 is 10.6 Å². The van der Waals surface area contributed by atoms with Crippen molar-refractivity contribution in [3.63, 3.8) is 0 Å². The maximum atomic E-state index is 13.2. The number of hydrogen-bond donors (Lipinski definition) is 2. The number of amides is 2. The Morgan fingerprint density at radius 2 is 1.83 bits per heavy atom. The molecule has 3 aromatic carbocycles. The minimum Gasteiger partial charge on any atom is -0.388 e. The van der Waals surface area contributed by atoms with Gasteiger partial charge in [-0.15, -0.1) is 0 Å². The molecule has 3 aromatic rings. The monoisotopic (exact) mass is 492 g/mol. The lowest BCUT2D eigenvalue weighted by Crippen LogP contribution is -2.44. The number of nitrogens with zero attached hydrogens (tertiary/aromatic N) is 2. The summed E-state index contributed by atoms with van der Waals surface area (Å²) in [5.41, 5.74) is 4.63. The summed E-state index contributed by atoms with van der Waals surface area (Å²) in [6, 6.07) is 20.3. The number of urea groups is 1. The highest BCUT2D eigenvalue weighted by molar-refractivity contribution is 5.78. The number of fused-ring (bicyclic) bond motifs is 1. The summed E-state index contributed by atoms with van der Waals surface area (Å²) >= 11 is 0. The fourth-order valence-electron chi connectivity index (χ4n) is 4.57. The standard InChI is InChI=1S/C28H27F3N4O/c1-33-23-16-21-18-35(27(36)34-26(8-5-14-32)20-6-3-2-4-7-20)15-13-24(21)25(17-23)19-9-11-22(12-10-19)28(29,30)31/h2-4,6-7,9-12,16-17,26,33H,5,8,13,15,18H2,1H3,(H,34,36)/t26-/m0/s1. The van der Waals surface area contributed by atoms with Crippen molar-refractivity contribution in [2.24, 2.45) is 0 Å². The van der Waals surface area contributed by atoms with E-state index in [1.165, 1.54) is 12.1 Å². The van der Waals surface area contributed by atoms with Gasteiger partial charge >= 0.3 is 12.2 Å². The number of benzene rings is 3. The fourth-order valence-corrected chi connectivity index (χ4v) is 4.57. The summed E-state index contributed by atoms with van der Waals surface area (Å²) in [6.07, 6.45) is -2.97. The van der Waals surface area contributed by atoms with Crippen LogP contribution >= 0.6 is 0 Å². The molecule has 4 rings (SSSR count). The second-order valence-corrected chi connectivity index (χ2v) is 8.77. The number of carbonyl (C=O) groups excluding carboxylic acids is 1. The van der Waals surface area contributed by atoms with Gasteiger partial charge in [0.2, 0.25) is 0 Å². The molecular weight excluding hydrogens is 465 g/mol. The van der Waals surface area contributed by atoms with Gasteiger partial charge < -0.3 is 15.5 Å². The van der Waals surface area contributed by atoms with Crippen LogP contribution in [0.4, 0.5) is 23.7 Å². The van der Waals surface area contributed by atoms with Crippen molar-refractivity contribution in [2.45, 2.75) is 38.0 Å². The van der Waals surface area contributed by atoms with Gasteiger partial charge in [0, 0.05) is 32.2 Å². The summed E-state index contributed by atoms with van der Waals surface area (Å²) < 4.78 is 39.1. The summed E-state index contributed by atoms with van der Waals surface area (Å²) in [4.78, 5) is 14.9. The third-order valence-electron chi connectivity index (χ3n) is 6.48. The predicted molar refractivity (Wildman–Crippen MR) is 133 cm³/mol. The molecule has 5 nitrogen and oxygen atoms in total. The molecule has 186 valence electrons. The van der Waals surface area contributed by atoms with E-state index in [0.29, 0.717) is 37.9 Å². The van der Waals surface area contributed by atoms with E-state index >= 15 is 0 Å². The van der Waals surface area contributed by atoms with Crippen LogP contribution in [0, 0.1) is 11.3 Å². The molecule has 2 N–H and O–H groups in total. The zero-order valence-corrected chi connectivity index (χ0v) is 19.9. The molecule has 1 heterocycles. The van der Waals surface area contributed by atoms with Crippen molar-refractivity contribution in [3.8, 4) is 17.2 Å². The Hall–Kier alpha value is -3.99. The number of nitrogens with one attached hydrogen (secondary N) is 2. The van der Waals surface area contributed by atoms with Crippen LogP contribution in [0.2, 0.25) is 0 Å². The second kappa shape index (κ2) is 10.7. The average Bonchev–Trinajstić information content (AvgIpc) is 2.90. The molecule has 0 fully saturated rings. The van der Waals surface area contributed by atoms with Crippen molar-refractivity contribution in [3.05, 3.63) is 89.0 Å². The van der Waals surface area contributed by atoms with Gasteiger partial charge in [0.1, 0.15) is 0 Å². The Kier molecular flexibility index (Phi) is 7.49. The lowest BCUT2D eigenvalue weighted by atomic mass is 9.89. The van der Waals surface area contributed by atoms with Gasteiger partial charge in [-0.25, -0.2) is 4.79 Å². The molecular formula is C28H27F3N4O. The molecule has 0 saturated carbocycles. The molecule has 0 aliphatic carbocycles. The molecule has 1 atom stereocenters. The number of alkyl halides is 3. The molecule has 0 spiro atoms. The van der Waals surface area contributed by atoms with Crippen LogP contribution in [0.1, 0.15) is 41.1 Å². The summed E-state index contributed by atoms with van der Waals surface area (Å²) in [6.45, 7) is 0.856. The topological polar surface area (TPSA) is 68.2 Å². The Morgan fingerprint density at radius 3 is 2.47 bits per heavy atom. The van der Waals surface area contributed by atoms with Crippen molar-refractivity contribution < 1.29 is 18.0 Å². The first kappa shape index (κ1) is 25.1. The third-order valence-corrected chi connectivity index (χ3v) is 6.48.